The second-order valence-corrected chi connectivity index (χ2v) is 5.58. The van der Waals surface area contributed by atoms with E-state index in [0.29, 0.717) is 25.6 Å². The van der Waals surface area contributed by atoms with Crippen molar-refractivity contribution in [3.63, 3.8) is 0 Å². The summed E-state index contributed by atoms with van der Waals surface area (Å²) in [6.45, 7) is 2.48. The first kappa shape index (κ1) is 15.3. The van der Waals surface area contributed by atoms with Gasteiger partial charge in [0.25, 0.3) is 0 Å². The summed E-state index contributed by atoms with van der Waals surface area (Å²) in [4.78, 5) is 23.1. The Bertz CT molecular complexity index is 326. The molecule has 0 aromatic rings. The van der Waals surface area contributed by atoms with Crippen molar-refractivity contribution < 1.29 is 14.3 Å². The number of carbonyl (C=O) groups is 2. The standard InChI is InChI=1S/C14H25N3O3/c18-13(16-11-3-4-11)2-1-7-15-10-14(19)17-12-5-8-20-9-6-12/h11-12,15H,1-10H2,(H,16,18)(H,17,19). The number of rotatable bonds is 8. The lowest BCUT2D eigenvalue weighted by atomic mass is 10.1. The Kier molecular flexibility index (Phi) is 6.26. The number of hydrogen-bond donors (Lipinski definition) is 3. The summed E-state index contributed by atoms with van der Waals surface area (Å²) in [6.07, 6.45) is 5.33. The van der Waals surface area contributed by atoms with Gasteiger partial charge in [0.2, 0.25) is 11.8 Å². The zero-order valence-corrected chi connectivity index (χ0v) is 12.0. The maximum absolute atomic E-state index is 11.7. The molecule has 1 aliphatic heterocycles. The molecule has 0 aromatic heterocycles. The first-order valence-corrected chi connectivity index (χ1v) is 7.61. The summed E-state index contributed by atoms with van der Waals surface area (Å²) in [5.41, 5.74) is 0. The van der Waals surface area contributed by atoms with Gasteiger partial charge in [-0.15, -0.1) is 0 Å². The van der Waals surface area contributed by atoms with Gasteiger partial charge in [-0.2, -0.15) is 0 Å². The lowest BCUT2D eigenvalue weighted by Crippen LogP contribution is -2.43. The molecule has 6 nitrogen and oxygen atoms in total. The van der Waals surface area contributed by atoms with E-state index in [4.69, 9.17) is 4.74 Å². The van der Waals surface area contributed by atoms with E-state index >= 15 is 0 Å². The molecular weight excluding hydrogens is 258 g/mol. The minimum Gasteiger partial charge on any atom is -0.381 e. The van der Waals surface area contributed by atoms with Crippen LogP contribution in [0.1, 0.15) is 38.5 Å². The van der Waals surface area contributed by atoms with Gasteiger partial charge in [-0.3, -0.25) is 9.59 Å². The van der Waals surface area contributed by atoms with Crippen LogP contribution < -0.4 is 16.0 Å². The zero-order valence-electron chi connectivity index (χ0n) is 12.0. The van der Waals surface area contributed by atoms with E-state index < -0.39 is 0 Å². The molecule has 1 saturated carbocycles. The van der Waals surface area contributed by atoms with Crippen LogP contribution >= 0.6 is 0 Å². The normalized spacial score (nSPS) is 19.6. The van der Waals surface area contributed by atoms with Crippen LogP contribution in [-0.4, -0.2) is 50.2 Å². The Morgan fingerprint density at radius 1 is 0.950 bits per heavy atom. The third kappa shape index (κ3) is 6.34. The molecule has 0 unspecified atom stereocenters. The molecule has 6 heteroatoms. The van der Waals surface area contributed by atoms with Crippen molar-refractivity contribution in [1.29, 1.82) is 0 Å². The van der Waals surface area contributed by atoms with Crippen molar-refractivity contribution in [2.75, 3.05) is 26.3 Å². The molecule has 2 fully saturated rings. The van der Waals surface area contributed by atoms with Gasteiger partial charge >= 0.3 is 0 Å². The number of nitrogens with one attached hydrogen (secondary N) is 3. The molecule has 0 radical (unpaired) electrons. The van der Waals surface area contributed by atoms with E-state index in [0.717, 1.165) is 45.3 Å². The molecular formula is C14H25N3O3. The van der Waals surface area contributed by atoms with Crippen molar-refractivity contribution >= 4 is 11.8 Å². The predicted molar refractivity (Wildman–Crippen MR) is 75.3 cm³/mol. The molecule has 2 rings (SSSR count). The van der Waals surface area contributed by atoms with Gasteiger partial charge in [0.15, 0.2) is 0 Å². The Labute approximate surface area is 120 Å². The fraction of sp³-hybridized carbons (Fsp3) is 0.857. The van der Waals surface area contributed by atoms with E-state index in [9.17, 15) is 9.59 Å². The highest BCUT2D eigenvalue weighted by Gasteiger charge is 2.22. The molecule has 0 bridgehead atoms. The molecule has 20 heavy (non-hydrogen) atoms. The zero-order chi connectivity index (χ0) is 14.2. The third-order valence-corrected chi connectivity index (χ3v) is 3.57. The van der Waals surface area contributed by atoms with Crippen LogP contribution in [0.5, 0.6) is 0 Å². The van der Waals surface area contributed by atoms with Crippen molar-refractivity contribution in [2.24, 2.45) is 0 Å². The molecule has 1 saturated heterocycles. The lowest BCUT2D eigenvalue weighted by molar-refractivity contribution is -0.121. The van der Waals surface area contributed by atoms with Crippen LogP contribution in [0.4, 0.5) is 0 Å². The van der Waals surface area contributed by atoms with Crippen LogP contribution in [0.3, 0.4) is 0 Å². The predicted octanol–water partition coefficient (Wildman–Crippen LogP) is -0.0700. The van der Waals surface area contributed by atoms with Crippen LogP contribution in [0.2, 0.25) is 0 Å². The SMILES string of the molecule is O=C(CCCNCC(=O)NC1CCOCC1)NC1CC1. The molecule has 0 aromatic carbocycles. The van der Waals surface area contributed by atoms with Gasteiger partial charge in [-0.25, -0.2) is 0 Å². The second kappa shape index (κ2) is 8.21. The van der Waals surface area contributed by atoms with Crippen LogP contribution in [0.25, 0.3) is 0 Å². The summed E-state index contributed by atoms with van der Waals surface area (Å²) in [7, 11) is 0. The topological polar surface area (TPSA) is 79.5 Å². The van der Waals surface area contributed by atoms with Gasteiger partial charge in [-0.05, 0) is 38.6 Å². The molecule has 2 amide bonds. The average molecular weight is 283 g/mol. The Balaban J connectivity index is 1.43. The molecule has 2 aliphatic rings. The number of carbonyl (C=O) groups excluding carboxylic acids is 2. The van der Waals surface area contributed by atoms with Gasteiger partial charge in [0.1, 0.15) is 0 Å². The van der Waals surface area contributed by atoms with Gasteiger partial charge in [-0.1, -0.05) is 0 Å². The Morgan fingerprint density at radius 3 is 2.30 bits per heavy atom. The smallest absolute Gasteiger partial charge is 0.234 e. The molecule has 0 atom stereocenters. The van der Waals surface area contributed by atoms with E-state index in [1.54, 1.807) is 0 Å². The first-order valence-electron chi connectivity index (χ1n) is 7.61. The first-order chi connectivity index (χ1) is 9.74. The fourth-order valence-electron chi connectivity index (χ4n) is 2.22. The maximum Gasteiger partial charge on any atom is 0.234 e. The second-order valence-electron chi connectivity index (χ2n) is 5.58. The molecule has 3 N–H and O–H groups in total. The molecule has 114 valence electrons. The molecule has 0 spiro atoms. The number of ether oxygens (including phenoxy) is 1. The van der Waals surface area contributed by atoms with Gasteiger partial charge in [0.05, 0.1) is 6.54 Å². The molecule has 1 heterocycles. The summed E-state index contributed by atoms with van der Waals surface area (Å²) < 4.78 is 5.24. The summed E-state index contributed by atoms with van der Waals surface area (Å²) in [5.74, 6) is 0.153. The highest BCUT2D eigenvalue weighted by atomic mass is 16.5. The molecule has 1 aliphatic carbocycles. The quantitative estimate of drug-likeness (QED) is 0.545. The number of hydrogen-bond acceptors (Lipinski definition) is 4. The third-order valence-electron chi connectivity index (χ3n) is 3.57. The van der Waals surface area contributed by atoms with Crippen molar-refractivity contribution in [3.8, 4) is 0 Å². The van der Waals surface area contributed by atoms with Crippen molar-refractivity contribution in [3.05, 3.63) is 0 Å². The summed E-state index contributed by atoms with van der Waals surface area (Å²) in [5, 5.41) is 9.02. The van der Waals surface area contributed by atoms with E-state index in [2.05, 4.69) is 16.0 Å². The monoisotopic (exact) mass is 283 g/mol. The Morgan fingerprint density at radius 2 is 1.60 bits per heavy atom. The highest BCUT2D eigenvalue weighted by Crippen LogP contribution is 2.18. The van der Waals surface area contributed by atoms with Crippen molar-refractivity contribution in [2.45, 2.75) is 50.6 Å². The number of amides is 2. The lowest BCUT2D eigenvalue weighted by Gasteiger charge is -2.23. The van der Waals surface area contributed by atoms with E-state index in [1.165, 1.54) is 0 Å². The minimum atomic E-state index is 0.0272. The van der Waals surface area contributed by atoms with Gasteiger partial charge < -0.3 is 20.7 Å². The summed E-state index contributed by atoms with van der Waals surface area (Å²) in [6, 6.07) is 0.683. The van der Waals surface area contributed by atoms with Crippen LogP contribution in [-0.2, 0) is 14.3 Å². The van der Waals surface area contributed by atoms with E-state index in [-0.39, 0.29) is 17.9 Å². The van der Waals surface area contributed by atoms with Gasteiger partial charge in [0, 0.05) is 31.7 Å². The minimum absolute atomic E-state index is 0.0272. The highest BCUT2D eigenvalue weighted by molar-refractivity contribution is 5.78. The van der Waals surface area contributed by atoms with Crippen LogP contribution in [0, 0.1) is 0 Å². The fourth-order valence-corrected chi connectivity index (χ4v) is 2.22. The summed E-state index contributed by atoms with van der Waals surface area (Å²) >= 11 is 0. The van der Waals surface area contributed by atoms with E-state index in [1.807, 2.05) is 0 Å². The average Bonchev–Trinajstić information content (AvgIpc) is 3.23. The van der Waals surface area contributed by atoms with Crippen molar-refractivity contribution in [1.82, 2.24) is 16.0 Å². The maximum atomic E-state index is 11.7. The Hall–Kier alpha value is -1.14. The largest absolute Gasteiger partial charge is 0.381 e. The van der Waals surface area contributed by atoms with Crippen LogP contribution in [0.15, 0.2) is 0 Å².